The third kappa shape index (κ3) is 5.61. The third-order valence-corrected chi connectivity index (χ3v) is 11.7. The van der Waals surface area contributed by atoms with Crippen molar-refractivity contribution in [3.8, 4) is 79.4 Å². The molecular formula is C46H48N2O8. The van der Waals surface area contributed by atoms with Gasteiger partial charge in [-0.25, -0.2) is 0 Å². The molecule has 10 nitrogen and oxygen atoms in total. The molecule has 0 aliphatic carbocycles. The number of hydrogen-bond acceptors (Lipinski definition) is 10. The molecule has 0 amide bonds. The van der Waals surface area contributed by atoms with Crippen molar-refractivity contribution in [3.05, 3.63) is 81.9 Å². The van der Waals surface area contributed by atoms with E-state index in [1.807, 2.05) is 52.0 Å². The minimum atomic E-state index is -0.209. The molecule has 0 aromatic heterocycles. The van der Waals surface area contributed by atoms with Crippen LogP contribution in [0.2, 0.25) is 0 Å². The van der Waals surface area contributed by atoms with E-state index >= 15 is 0 Å². The monoisotopic (exact) mass is 756 g/mol. The molecule has 56 heavy (non-hydrogen) atoms. The number of benzene rings is 6. The summed E-state index contributed by atoms with van der Waals surface area (Å²) < 4.78 is 11.8. The lowest BCUT2D eigenvalue weighted by molar-refractivity contribution is 0.401. The molecule has 0 bridgehead atoms. The Bertz CT molecular complexity index is 2450. The number of phenolic OH excluding ortho intramolecular Hbond substituents is 6. The number of methoxy groups -OCH3 is 2. The highest BCUT2D eigenvalue weighted by Gasteiger charge is 2.33. The standard InChI is InChI=1S/C46H48N2O8/c1-19-9-25-27(41-31-13-21(3)47-23(5)39(31)33(49)17-35(41)51)15-29(45(53)43(25)37(11-19)55-7)30-16-28(26-10-20(2)12-38(56-8)44(26)46(30)54)42-32-14-22(4)48-24(6)40(32)34(50)18-36(42)52/h9-12,15-18,21-24,47-54H,13-14H2,1-8H3/t21-,22-,23-,24-/m0/s1. The van der Waals surface area contributed by atoms with Gasteiger partial charge in [-0.15, -0.1) is 0 Å². The van der Waals surface area contributed by atoms with Crippen LogP contribution in [0.4, 0.5) is 0 Å². The number of fused-ring (bicyclic) bond motifs is 4. The smallest absolute Gasteiger partial charge is 0.135 e. The average molecular weight is 757 g/mol. The molecule has 4 atom stereocenters. The maximum Gasteiger partial charge on any atom is 0.135 e. The van der Waals surface area contributed by atoms with E-state index in [1.165, 1.54) is 26.4 Å². The van der Waals surface area contributed by atoms with Crippen molar-refractivity contribution in [1.82, 2.24) is 10.6 Å². The van der Waals surface area contributed by atoms with Crippen LogP contribution in [0.5, 0.6) is 46.0 Å². The Morgan fingerprint density at radius 3 is 1.23 bits per heavy atom. The Balaban J connectivity index is 1.55. The Morgan fingerprint density at radius 2 is 0.875 bits per heavy atom. The lowest BCUT2D eigenvalue weighted by Gasteiger charge is -2.32. The van der Waals surface area contributed by atoms with Gasteiger partial charge in [0.2, 0.25) is 0 Å². The molecule has 6 aromatic rings. The highest BCUT2D eigenvalue weighted by atomic mass is 16.5. The zero-order valence-electron chi connectivity index (χ0n) is 32.8. The van der Waals surface area contributed by atoms with E-state index in [0.717, 1.165) is 22.3 Å². The van der Waals surface area contributed by atoms with E-state index in [1.54, 1.807) is 12.1 Å². The topological polar surface area (TPSA) is 164 Å². The molecule has 10 heteroatoms. The van der Waals surface area contributed by atoms with Crippen LogP contribution in [-0.2, 0) is 12.8 Å². The summed E-state index contributed by atoms with van der Waals surface area (Å²) in [5.74, 6) is 0.187. The fourth-order valence-electron chi connectivity index (χ4n) is 9.60. The number of phenols is 6. The molecule has 0 saturated heterocycles. The molecule has 6 aromatic carbocycles. The molecule has 2 heterocycles. The summed E-state index contributed by atoms with van der Waals surface area (Å²) in [5.41, 5.74) is 7.27. The largest absolute Gasteiger partial charge is 0.507 e. The summed E-state index contributed by atoms with van der Waals surface area (Å²) >= 11 is 0. The second-order valence-electron chi connectivity index (χ2n) is 15.8. The van der Waals surface area contributed by atoms with E-state index in [0.29, 0.717) is 79.3 Å². The van der Waals surface area contributed by atoms with E-state index in [9.17, 15) is 30.6 Å². The van der Waals surface area contributed by atoms with Crippen molar-refractivity contribution < 1.29 is 40.1 Å². The average Bonchev–Trinajstić information content (AvgIpc) is 3.11. The lowest BCUT2D eigenvalue weighted by atomic mass is 9.80. The van der Waals surface area contributed by atoms with Gasteiger partial charge in [0, 0.05) is 69.7 Å². The number of ether oxygens (including phenoxy) is 2. The first-order valence-electron chi connectivity index (χ1n) is 19.0. The van der Waals surface area contributed by atoms with Crippen LogP contribution in [0.1, 0.15) is 73.2 Å². The van der Waals surface area contributed by atoms with Crippen molar-refractivity contribution in [2.24, 2.45) is 0 Å². The Hall–Kier alpha value is -5.84. The highest BCUT2D eigenvalue weighted by Crippen LogP contribution is 2.56. The van der Waals surface area contributed by atoms with E-state index < -0.39 is 0 Å². The first-order valence-corrected chi connectivity index (χ1v) is 19.0. The number of aromatic hydroxyl groups is 6. The second-order valence-corrected chi connectivity index (χ2v) is 15.8. The van der Waals surface area contributed by atoms with Crippen LogP contribution in [0.15, 0.2) is 48.5 Å². The Labute approximate surface area is 325 Å². The molecule has 2 aliphatic rings. The van der Waals surface area contributed by atoms with Crippen LogP contribution in [-0.4, -0.2) is 56.9 Å². The van der Waals surface area contributed by atoms with Gasteiger partial charge in [0.25, 0.3) is 0 Å². The van der Waals surface area contributed by atoms with Gasteiger partial charge in [-0.05, 0) is 123 Å². The van der Waals surface area contributed by atoms with Crippen molar-refractivity contribution in [3.63, 3.8) is 0 Å². The summed E-state index contributed by atoms with van der Waals surface area (Å²) in [4.78, 5) is 0. The van der Waals surface area contributed by atoms with Crippen molar-refractivity contribution in [2.75, 3.05) is 14.2 Å². The molecule has 290 valence electrons. The summed E-state index contributed by atoms with van der Waals surface area (Å²) in [7, 11) is 3.06. The predicted molar refractivity (Wildman–Crippen MR) is 220 cm³/mol. The molecule has 0 saturated carbocycles. The van der Waals surface area contributed by atoms with E-state index in [2.05, 4.69) is 24.5 Å². The van der Waals surface area contributed by atoms with Crippen molar-refractivity contribution in [2.45, 2.75) is 78.6 Å². The first kappa shape index (κ1) is 37.1. The van der Waals surface area contributed by atoms with Crippen LogP contribution in [0.25, 0.3) is 54.9 Å². The normalized spacial score (nSPS) is 19.2. The maximum absolute atomic E-state index is 12.5. The molecule has 0 unspecified atom stereocenters. The molecule has 8 rings (SSSR count). The third-order valence-electron chi connectivity index (χ3n) is 11.7. The molecule has 8 N–H and O–H groups in total. The van der Waals surface area contributed by atoms with Gasteiger partial charge in [-0.1, -0.05) is 12.1 Å². The molecule has 0 radical (unpaired) electrons. The fourth-order valence-corrected chi connectivity index (χ4v) is 9.60. The van der Waals surface area contributed by atoms with Crippen LogP contribution in [0, 0.1) is 13.8 Å². The predicted octanol–water partition coefficient (Wildman–Crippen LogP) is 9.05. The Morgan fingerprint density at radius 1 is 0.500 bits per heavy atom. The molecule has 0 fully saturated rings. The summed E-state index contributed by atoms with van der Waals surface area (Å²) in [6, 6.07) is 13.4. The quantitative estimate of drug-likeness (QED) is 0.0852. The van der Waals surface area contributed by atoms with Gasteiger partial charge >= 0.3 is 0 Å². The molecular weight excluding hydrogens is 709 g/mol. The van der Waals surface area contributed by atoms with Gasteiger partial charge in [0.05, 0.1) is 25.0 Å². The van der Waals surface area contributed by atoms with Crippen LogP contribution < -0.4 is 20.1 Å². The van der Waals surface area contributed by atoms with Crippen molar-refractivity contribution in [1.29, 1.82) is 0 Å². The molecule has 2 aliphatic heterocycles. The lowest BCUT2D eigenvalue weighted by Crippen LogP contribution is -2.36. The second kappa shape index (κ2) is 13.4. The zero-order valence-corrected chi connectivity index (χ0v) is 32.8. The first-order chi connectivity index (χ1) is 26.6. The number of hydrogen-bond donors (Lipinski definition) is 8. The van der Waals surface area contributed by atoms with Gasteiger partial charge in [-0.3, -0.25) is 0 Å². The van der Waals surface area contributed by atoms with Crippen molar-refractivity contribution >= 4 is 21.5 Å². The summed E-state index contributed by atoms with van der Waals surface area (Å²) in [5, 5.41) is 79.7. The van der Waals surface area contributed by atoms with E-state index in [4.69, 9.17) is 9.47 Å². The van der Waals surface area contributed by atoms with Gasteiger partial charge < -0.3 is 50.7 Å². The SMILES string of the molecule is COc1cc(C)cc2c(-c3c(O)cc(O)c4c3C[C@H](C)N[C@H]4C)cc(-c3cc(-c4c(O)cc(O)c5c4C[C@H](C)N[C@H]5C)c4cc(C)cc(OC)c4c3O)c(O)c12. The number of nitrogens with one attached hydrogen (secondary N) is 2. The molecule has 0 spiro atoms. The zero-order chi connectivity index (χ0) is 40.1. The summed E-state index contributed by atoms with van der Waals surface area (Å²) in [6.07, 6.45) is 1.02. The number of rotatable bonds is 5. The maximum atomic E-state index is 12.5. The van der Waals surface area contributed by atoms with Crippen LogP contribution in [0.3, 0.4) is 0 Å². The Kier molecular flexibility index (Phi) is 8.89. The highest BCUT2D eigenvalue weighted by molar-refractivity contribution is 6.13. The summed E-state index contributed by atoms with van der Waals surface area (Å²) in [6.45, 7) is 11.9. The van der Waals surface area contributed by atoms with Gasteiger partial charge in [0.15, 0.2) is 0 Å². The van der Waals surface area contributed by atoms with Crippen LogP contribution >= 0.6 is 0 Å². The minimum Gasteiger partial charge on any atom is -0.507 e. The number of aryl methyl sites for hydroxylation is 2. The van der Waals surface area contributed by atoms with Gasteiger partial charge in [0.1, 0.15) is 46.0 Å². The van der Waals surface area contributed by atoms with E-state index in [-0.39, 0.29) is 69.8 Å². The fraction of sp³-hybridized carbons (Fsp3) is 0.304. The van der Waals surface area contributed by atoms with Gasteiger partial charge in [-0.2, -0.15) is 0 Å². The minimum absolute atomic E-state index is 0.0136.